The predicted octanol–water partition coefficient (Wildman–Crippen LogP) is 4.52. The standard InChI is InChI=1S/C13H11Cl3N2/c14-10-4-1-8(2-5-10)7-9-3-6-11(18-17)13(16)12(9)15/h1-6,18H,7,17H2. The molecule has 0 saturated carbocycles. The molecule has 18 heavy (non-hydrogen) atoms. The third-order valence-electron chi connectivity index (χ3n) is 2.63. The van der Waals surface area contributed by atoms with Crippen LogP contribution in [0.25, 0.3) is 0 Å². The fraction of sp³-hybridized carbons (Fsp3) is 0.0769. The molecular weight excluding hydrogens is 291 g/mol. The molecule has 0 spiro atoms. The number of hydrazine groups is 1. The number of nitrogen functional groups attached to an aromatic ring is 1. The lowest BCUT2D eigenvalue weighted by atomic mass is 10.0. The number of rotatable bonds is 3. The summed E-state index contributed by atoms with van der Waals surface area (Å²) >= 11 is 18.1. The van der Waals surface area contributed by atoms with Crippen molar-refractivity contribution in [2.45, 2.75) is 6.42 Å². The minimum Gasteiger partial charge on any atom is -0.323 e. The van der Waals surface area contributed by atoms with Crippen molar-refractivity contribution in [2.75, 3.05) is 5.43 Å². The van der Waals surface area contributed by atoms with Gasteiger partial charge in [0.2, 0.25) is 0 Å². The van der Waals surface area contributed by atoms with Crippen LogP contribution in [0, 0.1) is 0 Å². The van der Waals surface area contributed by atoms with Gasteiger partial charge >= 0.3 is 0 Å². The van der Waals surface area contributed by atoms with Gasteiger partial charge in [0.05, 0.1) is 15.7 Å². The highest BCUT2D eigenvalue weighted by atomic mass is 35.5. The van der Waals surface area contributed by atoms with Crippen LogP contribution < -0.4 is 11.3 Å². The van der Waals surface area contributed by atoms with Crippen molar-refractivity contribution in [3.8, 4) is 0 Å². The molecule has 0 radical (unpaired) electrons. The molecule has 0 unspecified atom stereocenters. The molecule has 0 aliphatic rings. The van der Waals surface area contributed by atoms with Crippen molar-refractivity contribution in [3.63, 3.8) is 0 Å². The molecule has 2 nitrogen and oxygen atoms in total. The number of hydrogen-bond donors (Lipinski definition) is 2. The molecule has 0 aromatic heterocycles. The van der Waals surface area contributed by atoms with Gasteiger partial charge in [-0.25, -0.2) is 0 Å². The zero-order valence-corrected chi connectivity index (χ0v) is 11.7. The van der Waals surface area contributed by atoms with E-state index in [1.54, 1.807) is 6.07 Å². The number of nitrogens with two attached hydrogens (primary N) is 1. The van der Waals surface area contributed by atoms with Crippen LogP contribution in [0.1, 0.15) is 11.1 Å². The third kappa shape index (κ3) is 2.90. The summed E-state index contributed by atoms with van der Waals surface area (Å²) < 4.78 is 0. The Bertz CT molecular complexity index is 553. The summed E-state index contributed by atoms with van der Waals surface area (Å²) in [6.07, 6.45) is 0.695. The van der Waals surface area contributed by atoms with Crippen molar-refractivity contribution in [2.24, 2.45) is 5.84 Å². The summed E-state index contributed by atoms with van der Waals surface area (Å²) in [7, 11) is 0. The van der Waals surface area contributed by atoms with Crippen LogP contribution in [0.5, 0.6) is 0 Å². The molecule has 0 fully saturated rings. The summed E-state index contributed by atoms with van der Waals surface area (Å²) in [6.45, 7) is 0. The molecule has 0 saturated heterocycles. The van der Waals surface area contributed by atoms with Crippen molar-refractivity contribution >= 4 is 40.5 Å². The average Bonchev–Trinajstić information content (AvgIpc) is 2.38. The largest absolute Gasteiger partial charge is 0.323 e. The number of halogens is 3. The van der Waals surface area contributed by atoms with E-state index in [1.807, 2.05) is 30.3 Å². The quantitative estimate of drug-likeness (QED) is 0.646. The van der Waals surface area contributed by atoms with E-state index in [1.165, 1.54) is 0 Å². The van der Waals surface area contributed by atoms with Crippen LogP contribution in [0.3, 0.4) is 0 Å². The Labute approximate surface area is 121 Å². The highest BCUT2D eigenvalue weighted by Crippen LogP contribution is 2.33. The second-order valence-electron chi connectivity index (χ2n) is 3.85. The predicted molar refractivity (Wildman–Crippen MR) is 78.5 cm³/mol. The van der Waals surface area contributed by atoms with E-state index in [9.17, 15) is 0 Å². The lowest BCUT2D eigenvalue weighted by Crippen LogP contribution is -2.07. The fourth-order valence-electron chi connectivity index (χ4n) is 1.66. The van der Waals surface area contributed by atoms with Crippen molar-refractivity contribution in [3.05, 3.63) is 62.6 Å². The summed E-state index contributed by atoms with van der Waals surface area (Å²) in [6, 6.07) is 11.3. The van der Waals surface area contributed by atoms with Crippen LogP contribution in [-0.4, -0.2) is 0 Å². The van der Waals surface area contributed by atoms with E-state index < -0.39 is 0 Å². The van der Waals surface area contributed by atoms with E-state index in [0.717, 1.165) is 11.1 Å². The maximum atomic E-state index is 6.20. The first kappa shape index (κ1) is 13.5. The Kier molecular flexibility index (Phi) is 4.36. The topological polar surface area (TPSA) is 38.0 Å². The SMILES string of the molecule is NNc1ccc(Cc2ccc(Cl)cc2)c(Cl)c1Cl. The zero-order valence-electron chi connectivity index (χ0n) is 9.38. The molecule has 0 aliphatic carbocycles. The van der Waals surface area contributed by atoms with E-state index in [-0.39, 0.29) is 0 Å². The maximum Gasteiger partial charge on any atom is 0.0839 e. The minimum absolute atomic E-state index is 0.436. The van der Waals surface area contributed by atoms with Crippen molar-refractivity contribution < 1.29 is 0 Å². The molecule has 2 aromatic rings. The third-order valence-corrected chi connectivity index (χ3v) is 3.80. The molecule has 0 atom stereocenters. The molecule has 3 N–H and O–H groups in total. The monoisotopic (exact) mass is 300 g/mol. The molecule has 0 heterocycles. The first-order valence-corrected chi connectivity index (χ1v) is 6.43. The second kappa shape index (κ2) is 5.81. The molecule has 5 heteroatoms. The maximum absolute atomic E-state index is 6.20. The van der Waals surface area contributed by atoms with E-state index >= 15 is 0 Å². The van der Waals surface area contributed by atoms with Crippen molar-refractivity contribution in [1.82, 2.24) is 0 Å². The smallest absolute Gasteiger partial charge is 0.0839 e. The second-order valence-corrected chi connectivity index (χ2v) is 5.04. The van der Waals surface area contributed by atoms with Crippen molar-refractivity contribution in [1.29, 1.82) is 0 Å². The summed E-state index contributed by atoms with van der Waals surface area (Å²) in [5, 5.41) is 1.67. The Morgan fingerprint density at radius 2 is 1.56 bits per heavy atom. The Morgan fingerprint density at radius 1 is 0.889 bits per heavy atom. The molecule has 2 rings (SSSR count). The summed E-state index contributed by atoms with van der Waals surface area (Å²) in [4.78, 5) is 0. The Hall–Kier alpha value is -0.930. The molecule has 2 aromatic carbocycles. The highest BCUT2D eigenvalue weighted by Gasteiger charge is 2.09. The zero-order chi connectivity index (χ0) is 13.1. The number of benzene rings is 2. The first-order valence-electron chi connectivity index (χ1n) is 5.29. The number of anilines is 1. The number of hydrogen-bond acceptors (Lipinski definition) is 2. The van der Waals surface area contributed by atoms with Gasteiger partial charge in [-0.2, -0.15) is 0 Å². The van der Waals surface area contributed by atoms with Gasteiger partial charge in [0.15, 0.2) is 0 Å². The fourth-order valence-corrected chi connectivity index (χ4v) is 2.26. The molecule has 0 bridgehead atoms. The Balaban J connectivity index is 2.29. The van der Waals surface area contributed by atoms with Gasteiger partial charge in [0.25, 0.3) is 0 Å². The minimum atomic E-state index is 0.436. The van der Waals surface area contributed by atoms with Gasteiger partial charge in [-0.05, 0) is 35.7 Å². The van der Waals surface area contributed by atoms with Crippen LogP contribution in [0.15, 0.2) is 36.4 Å². The van der Waals surface area contributed by atoms with E-state index in [2.05, 4.69) is 5.43 Å². The molecular formula is C13H11Cl3N2. The van der Waals surface area contributed by atoms with Crippen LogP contribution >= 0.6 is 34.8 Å². The first-order chi connectivity index (χ1) is 8.61. The Morgan fingerprint density at radius 3 is 2.17 bits per heavy atom. The van der Waals surface area contributed by atoms with Gasteiger partial charge in [-0.15, -0.1) is 0 Å². The molecule has 94 valence electrons. The van der Waals surface area contributed by atoms with Crippen LogP contribution in [0.4, 0.5) is 5.69 Å². The lowest BCUT2D eigenvalue weighted by Gasteiger charge is -2.10. The van der Waals surface area contributed by atoms with E-state index in [0.29, 0.717) is 27.2 Å². The van der Waals surface area contributed by atoms with E-state index in [4.69, 9.17) is 40.6 Å². The van der Waals surface area contributed by atoms with Crippen LogP contribution in [-0.2, 0) is 6.42 Å². The van der Waals surface area contributed by atoms with Gasteiger partial charge in [0, 0.05) is 5.02 Å². The summed E-state index contributed by atoms with van der Waals surface area (Å²) in [5.41, 5.74) is 5.18. The molecule has 0 amide bonds. The number of nitrogens with one attached hydrogen (secondary N) is 1. The van der Waals surface area contributed by atoms with Gasteiger partial charge in [-0.1, -0.05) is 53.0 Å². The van der Waals surface area contributed by atoms with Gasteiger partial charge in [0.1, 0.15) is 0 Å². The average molecular weight is 302 g/mol. The van der Waals surface area contributed by atoms with Gasteiger partial charge < -0.3 is 5.43 Å². The van der Waals surface area contributed by atoms with Gasteiger partial charge in [-0.3, -0.25) is 5.84 Å². The molecule has 0 aliphatic heterocycles. The normalized spacial score (nSPS) is 10.4. The van der Waals surface area contributed by atoms with Crippen LogP contribution in [0.2, 0.25) is 15.1 Å². The highest BCUT2D eigenvalue weighted by molar-refractivity contribution is 6.44. The lowest BCUT2D eigenvalue weighted by molar-refractivity contribution is 1.19. The summed E-state index contributed by atoms with van der Waals surface area (Å²) in [5.74, 6) is 5.33.